The Morgan fingerprint density at radius 1 is 1.20 bits per heavy atom. The van der Waals surface area contributed by atoms with Gasteiger partial charge >= 0.3 is 6.03 Å². The van der Waals surface area contributed by atoms with Crippen LogP contribution in [-0.2, 0) is 10.0 Å². The molecule has 0 bridgehead atoms. The second kappa shape index (κ2) is 8.33. The van der Waals surface area contributed by atoms with E-state index in [0.29, 0.717) is 17.2 Å². The number of rotatable bonds is 6. The molecule has 0 aromatic heterocycles. The van der Waals surface area contributed by atoms with E-state index in [1.54, 1.807) is 31.3 Å². The minimum absolute atomic E-state index is 0.0278. The molecule has 0 spiro atoms. The van der Waals surface area contributed by atoms with Gasteiger partial charge in [0.2, 0.25) is 0 Å². The molecule has 2 amide bonds. The SMILES string of the molecule is CC1CCC(NC(=O)NS(=O)(=O)CN(C)c2ccc(C=O)cc2)CC1. The third-order valence-electron chi connectivity index (χ3n) is 4.43. The summed E-state index contributed by atoms with van der Waals surface area (Å²) in [6, 6.07) is 5.88. The second-order valence-electron chi connectivity index (χ2n) is 6.68. The molecule has 0 aliphatic heterocycles. The van der Waals surface area contributed by atoms with Crippen molar-refractivity contribution in [1.82, 2.24) is 10.0 Å². The molecule has 0 atom stereocenters. The topological polar surface area (TPSA) is 95.6 Å². The summed E-state index contributed by atoms with van der Waals surface area (Å²) >= 11 is 0. The summed E-state index contributed by atoms with van der Waals surface area (Å²) in [7, 11) is -2.20. The summed E-state index contributed by atoms with van der Waals surface area (Å²) < 4.78 is 26.4. The van der Waals surface area contributed by atoms with Crippen LogP contribution in [-0.4, -0.2) is 39.7 Å². The van der Waals surface area contributed by atoms with Gasteiger partial charge in [-0.25, -0.2) is 17.9 Å². The molecule has 0 unspecified atom stereocenters. The number of nitrogens with zero attached hydrogens (tertiary/aromatic N) is 1. The number of benzene rings is 1. The number of hydrogen-bond donors (Lipinski definition) is 2. The van der Waals surface area contributed by atoms with E-state index in [9.17, 15) is 18.0 Å². The molecule has 1 fully saturated rings. The van der Waals surface area contributed by atoms with Crippen LogP contribution >= 0.6 is 0 Å². The Morgan fingerprint density at radius 2 is 1.80 bits per heavy atom. The molecule has 25 heavy (non-hydrogen) atoms. The van der Waals surface area contributed by atoms with Gasteiger partial charge in [0.05, 0.1) is 0 Å². The summed E-state index contributed by atoms with van der Waals surface area (Å²) in [4.78, 5) is 24.1. The minimum Gasteiger partial charge on any atom is -0.359 e. The molecule has 8 heteroatoms. The standard InChI is InChI=1S/C17H25N3O4S/c1-13-3-7-15(8-4-13)18-17(22)19-25(23,24)12-20(2)16-9-5-14(11-21)6-10-16/h5-6,9-11,13,15H,3-4,7-8,12H2,1-2H3,(H2,18,19,22). The number of sulfonamides is 1. The van der Waals surface area contributed by atoms with Crippen LogP contribution < -0.4 is 14.9 Å². The lowest BCUT2D eigenvalue weighted by molar-refractivity contribution is 0.112. The molecule has 2 N–H and O–H groups in total. The van der Waals surface area contributed by atoms with Gasteiger partial charge in [-0.05, 0) is 55.9 Å². The fraction of sp³-hybridized carbons (Fsp3) is 0.529. The number of anilines is 1. The summed E-state index contributed by atoms with van der Waals surface area (Å²) in [6.45, 7) is 2.18. The highest BCUT2D eigenvalue weighted by atomic mass is 32.2. The third-order valence-corrected chi connectivity index (χ3v) is 5.66. The van der Waals surface area contributed by atoms with Gasteiger partial charge in [0, 0.05) is 24.3 Å². The first-order valence-corrected chi connectivity index (χ1v) is 10.0. The first kappa shape index (κ1) is 19.2. The number of carbonyl (C=O) groups is 2. The first-order chi connectivity index (χ1) is 11.8. The summed E-state index contributed by atoms with van der Waals surface area (Å²) in [5, 5.41) is 2.74. The first-order valence-electron chi connectivity index (χ1n) is 8.36. The predicted octanol–water partition coefficient (Wildman–Crippen LogP) is 2.10. The molecule has 0 saturated heterocycles. The molecule has 2 rings (SSSR count). The molecular formula is C17H25N3O4S. The average molecular weight is 367 g/mol. The van der Waals surface area contributed by atoms with Gasteiger partial charge in [0.15, 0.2) is 0 Å². The molecule has 1 aromatic rings. The van der Waals surface area contributed by atoms with Crippen LogP contribution in [0.15, 0.2) is 24.3 Å². The number of aldehydes is 1. The van der Waals surface area contributed by atoms with Crippen molar-refractivity contribution in [3.8, 4) is 0 Å². The van der Waals surface area contributed by atoms with Crippen molar-refractivity contribution in [2.24, 2.45) is 5.92 Å². The molecule has 0 radical (unpaired) electrons. The van der Waals surface area contributed by atoms with Crippen LogP contribution in [0.2, 0.25) is 0 Å². The van der Waals surface area contributed by atoms with Crippen molar-refractivity contribution in [2.75, 3.05) is 17.8 Å². The van der Waals surface area contributed by atoms with E-state index < -0.39 is 16.1 Å². The maximum Gasteiger partial charge on any atom is 0.328 e. The van der Waals surface area contributed by atoms with Crippen LogP contribution in [0, 0.1) is 5.92 Å². The normalized spacial score (nSPS) is 20.6. The number of nitrogens with one attached hydrogen (secondary N) is 2. The number of urea groups is 1. The Hall–Kier alpha value is -2.09. The van der Waals surface area contributed by atoms with Crippen LogP contribution in [0.1, 0.15) is 43.0 Å². The van der Waals surface area contributed by atoms with Crippen LogP contribution in [0.25, 0.3) is 0 Å². The smallest absolute Gasteiger partial charge is 0.328 e. The molecule has 138 valence electrons. The lowest BCUT2D eigenvalue weighted by Crippen LogP contribution is -2.47. The summed E-state index contributed by atoms with van der Waals surface area (Å²) in [6.07, 6.45) is 4.54. The quantitative estimate of drug-likeness (QED) is 0.751. The van der Waals surface area contributed by atoms with Crippen molar-refractivity contribution in [3.05, 3.63) is 29.8 Å². The molecule has 7 nitrogen and oxygen atoms in total. The molecule has 1 aliphatic rings. The average Bonchev–Trinajstić information content (AvgIpc) is 2.56. The van der Waals surface area contributed by atoms with Crippen molar-refractivity contribution in [2.45, 2.75) is 38.6 Å². The van der Waals surface area contributed by atoms with Gasteiger partial charge in [0.1, 0.15) is 12.2 Å². The van der Waals surface area contributed by atoms with E-state index in [0.717, 1.165) is 32.0 Å². The lowest BCUT2D eigenvalue weighted by atomic mass is 9.87. The Bertz CT molecular complexity index is 695. The van der Waals surface area contributed by atoms with Gasteiger partial charge in [0.25, 0.3) is 10.0 Å². The maximum atomic E-state index is 12.2. The van der Waals surface area contributed by atoms with E-state index in [1.807, 2.05) is 0 Å². The monoisotopic (exact) mass is 367 g/mol. The number of hydrogen-bond acceptors (Lipinski definition) is 5. The van der Waals surface area contributed by atoms with E-state index in [4.69, 9.17) is 0 Å². The van der Waals surface area contributed by atoms with E-state index >= 15 is 0 Å². The highest BCUT2D eigenvalue weighted by Crippen LogP contribution is 2.23. The largest absolute Gasteiger partial charge is 0.359 e. The zero-order valence-electron chi connectivity index (χ0n) is 14.6. The lowest BCUT2D eigenvalue weighted by Gasteiger charge is -2.27. The van der Waals surface area contributed by atoms with E-state index in [1.165, 1.54) is 4.90 Å². The predicted molar refractivity (Wildman–Crippen MR) is 97.1 cm³/mol. The van der Waals surface area contributed by atoms with E-state index in [-0.39, 0.29) is 11.9 Å². The molecular weight excluding hydrogens is 342 g/mol. The van der Waals surface area contributed by atoms with Crippen molar-refractivity contribution in [1.29, 1.82) is 0 Å². The van der Waals surface area contributed by atoms with Crippen molar-refractivity contribution >= 4 is 28.0 Å². The Kier molecular flexibility index (Phi) is 6.41. The van der Waals surface area contributed by atoms with Crippen LogP contribution in [0.4, 0.5) is 10.5 Å². The van der Waals surface area contributed by atoms with Gasteiger partial charge in [-0.3, -0.25) is 4.79 Å². The van der Waals surface area contributed by atoms with Crippen LogP contribution in [0.3, 0.4) is 0 Å². The van der Waals surface area contributed by atoms with Gasteiger partial charge in [-0.15, -0.1) is 0 Å². The Labute approximate surface area is 148 Å². The molecule has 1 saturated carbocycles. The maximum absolute atomic E-state index is 12.2. The fourth-order valence-electron chi connectivity index (χ4n) is 2.93. The molecule has 1 aromatic carbocycles. The minimum atomic E-state index is -3.81. The number of amides is 2. The van der Waals surface area contributed by atoms with E-state index in [2.05, 4.69) is 17.0 Å². The molecule has 1 aliphatic carbocycles. The zero-order valence-corrected chi connectivity index (χ0v) is 15.4. The Morgan fingerprint density at radius 3 is 2.36 bits per heavy atom. The van der Waals surface area contributed by atoms with Gasteiger partial charge in [-0.1, -0.05) is 6.92 Å². The Balaban J connectivity index is 1.87. The number of carbonyl (C=O) groups excluding carboxylic acids is 2. The van der Waals surface area contributed by atoms with Gasteiger partial charge in [-0.2, -0.15) is 0 Å². The zero-order chi connectivity index (χ0) is 18.4. The third kappa shape index (κ3) is 6.04. The highest BCUT2D eigenvalue weighted by molar-refractivity contribution is 7.90. The summed E-state index contributed by atoms with van der Waals surface area (Å²) in [5.74, 6) is 0.298. The van der Waals surface area contributed by atoms with Gasteiger partial charge < -0.3 is 10.2 Å². The van der Waals surface area contributed by atoms with Crippen molar-refractivity contribution in [3.63, 3.8) is 0 Å². The second-order valence-corrected chi connectivity index (χ2v) is 8.38. The molecule has 0 heterocycles. The summed E-state index contributed by atoms with van der Waals surface area (Å²) in [5.41, 5.74) is 1.15. The van der Waals surface area contributed by atoms with Crippen LogP contribution in [0.5, 0.6) is 0 Å². The van der Waals surface area contributed by atoms with Crippen molar-refractivity contribution < 1.29 is 18.0 Å². The highest BCUT2D eigenvalue weighted by Gasteiger charge is 2.22. The fourth-order valence-corrected chi connectivity index (χ4v) is 3.99.